The van der Waals surface area contributed by atoms with Crippen LogP contribution in [0.3, 0.4) is 0 Å². The maximum Gasteiger partial charge on any atom is 0.268 e. The van der Waals surface area contributed by atoms with Gasteiger partial charge in [-0.25, -0.2) is 4.98 Å². The molecule has 0 saturated heterocycles. The monoisotopic (exact) mass is 1210 g/mol. The molecule has 0 atom stereocenters. The first-order chi connectivity index (χ1) is 38.9. The number of rotatable bonds is 8. The van der Waals surface area contributed by atoms with Crippen LogP contribution in [0.25, 0.3) is 83.4 Å². The number of ether oxygens (including phenoxy) is 1. The van der Waals surface area contributed by atoms with Crippen molar-refractivity contribution >= 4 is 32.8 Å². The van der Waals surface area contributed by atoms with Gasteiger partial charge in [-0.15, -0.1) is 29.7 Å². The van der Waals surface area contributed by atoms with E-state index in [1.165, 1.54) is 29.3 Å². The summed E-state index contributed by atoms with van der Waals surface area (Å²) in [4.78, 5) is 4.88. The summed E-state index contributed by atoms with van der Waals surface area (Å²) < 4.78 is 65.0. The summed E-state index contributed by atoms with van der Waals surface area (Å²) in [5, 5.41) is 2.08. The van der Waals surface area contributed by atoms with Gasteiger partial charge in [-0.3, -0.25) is 4.57 Å². The smallest absolute Gasteiger partial charge is 0.268 e. The molecule has 0 N–H and O–H groups in total. The fourth-order valence-electron chi connectivity index (χ4n) is 10.5. The van der Waals surface area contributed by atoms with E-state index in [0.29, 0.717) is 28.3 Å². The summed E-state index contributed by atoms with van der Waals surface area (Å²) in [6.45, 7) is 21.4. The van der Waals surface area contributed by atoms with Crippen LogP contribution in [-0.4, -0.2) is 14.1 Å². The molecule has 5 nitrogen and oxygen atoms in total. The van der Waals surface area contributed by atoms with E-state index < -0.39 is 13.7 Å². The molecule has 0 spiro atoms. The number of aryl methyl sites for hydroxylation is 2. The van der Waals surface area contributed by atoms with Crippen LogP contribution < -0.4 is 9.30 Å². The Bertz CT molecular complexity index is 4220. The summed E-state index contributed by atoms with van der Waals surface area (Å²) in [6, 6.07) is 61.8. The average Bonchev–Trinajstić information content (AvgIpc) is 2.00. The summed E-state index contributed by atoms with van der Waals surface area (Å²) >= 11 is 0. The van der Waals surface area contributed by atoms with Crippen LogP contribution in [0.4, 0.5) is 0 Å². The van der Waals surface area contributed by atoms with Gasteiger partial charge >= 0.3 is 0 Å². The maximum atomic E-state index is 8.68. The molecule has 11 aromatic rings. The molecule has 6 heteroatoms. The molecule has 0 unspecified atom stereocenters. The Labute approximate surface area is 485 Å². The van der Waals surface area contributed by atoms with Crippen molar-refractivity contribution in [3.05, 3.63) is 222 Å². The van der Waals surface area contributed by atoms with Crippen molar-refractivity contribution in [1.82, 2.24) is 14.1 Å². The quantitative estimate of drug-likeness (QED) is 0.112. The summed E-state index contributed by atoms with van der Waals surface area (Å²) in [6.07, 6.45) is 5.70. The van der Waals surface area contributed by atoms with Crippen molar-refractivity contribution in [2.24, 2.45) is 0 Å². The second kappa shape index (κ2) is 20.2. The van der Waals surface area contributed by atoms with E-state index in [1.54, 1.807) is 0 Å². The van der Waals surface area contributed by atoms with Crippen molar-refractivity contribution < 1.29 is 38.6 Å². The summed E-state index contributed by atoms with van der Waals surface area (Å²) in [5.74, 6) is 1.67. The van der Waals surface area contributed by atoms with Gasteiger partial charge in [-0.2, -0.15) is 18.2 Å². The van der Waals surface area contributed by atoms with E-state index >= 15 is 0 Å². The zero-order valence-electron chi connectivity index (χ0n) is 52.7. The SMILES string of the molecule is [2H]C([2H])([2H])c1cccc(C([2H])([2H])[2H])c1-c1ccc2c(c1)n(-c1[c-]c(Oc3[c-]c4c(cc3)c3ccccc3n4-c3cc(C(C)(C)C)ccn3)ccc1)[c-][n+]2-c1c(-c2cccc(C(C)(C)C)c2)cc(C(C)(C)C)cc1-c1cccc(C(C)(C)C)c1.[Pt]. The van der Waals surface area contributed by atoms with Crippen LogP contribution in [0.15, 0.2) is 170 Å². The molecule has 0 fully saturated rings. The molecule has 11 rings (SSSR count). The fourth-order valence-corrected chi connectivity index (χ4v) is 10.5. The van der Waals surface area contributed by atoms with Crippen LogP contribution >= 0.6 is 0 Å². The third-order valence-electron chi connectivity index (χ3n) is 14.9. The minimum Gasteiger partial charge on any atom is -0.510 e. The molecule has 0 aliphatic heterocycles. The van der Waals surface area contributed by atoms with Gasteiger partial charge in [0.1, 0.15) is 5.82 Å². The first-order valence-corrected chi connectivity index (χ1v) is 26.6. The van der Waals surface area contributed by atoms with Crippen molar-refractivity contribution in [3.8, 4) is 62.1 Å². The standard InChI is InChI=1S/C72H70N4O.Pt/c1-46-21-17-22-47(2)67(46)50-31-34-63-65(39-50)74(55-27-20-28-56(43-55)77-57-32-33-59-58-29-15-16-30-62(58)76(64(59)44-57)66-42-53(35-36-73-66)71(9,10)11)45-75(63)68-60(48-23-18-25-51(37-48)69(3,4)5)40-54(72(12,13)14)41-61(68)49-24-19-26-52(38-49)70(6,7)8;/h15-42H,1-14H3;/q-2;/i1D3,2D3;. The minimum absolute atomic E-state index is 0. The third-order valence-corrected chi connectivity index (χ3v) is 14.9. The van der Waals surface area contributed by atoms with Crippen molar-refractivity contribution in [2.45, 2.75) is 118 Å². The molecular weight excluding hydrogens is 1130 g/mol. The van der Waals surface area contributed by atoms with Crippen molar-refractivity contribution in [3.63, 3.8) is 0 Å². The second-order valence-corrected chi connectivity index (χ2v) is 24.6. The Hall–Kier alpha value is -7.33. The molecule has 0 aliphatic carbocycles. The minimum atomic E-state index is -2.62. The Morgan fingerprint density at radius 3 is 1.72 bits per heavy atom. The van der Waals surface area contributed by atoms with E-state index in [-0.39, 0.29) is 59.4 Å². The molecule has 78 heavy (non-hydrogen) atoms. The van der Waals surface area contributed by atoms with Gasteiger partial charge in [0.05, 0.1) is 16.7 Å². The van der Waals surface area contributed by atoms with Gasteiger partial charge in [-0.1, -0.05) is 198 Å². The van der Waals surface area contributed by atoms with Gasteiger partial charge in [-0.05, 0) is 137 Å². The van der Waals surface area contributed by atoms with E-state index in [9.17, 15) is 0 Å². The Kier molecular flexibility index (Phi) is 12.1. The zero-order chi connectivity index (χ0) is 59.3. The van der Waals surface area contributed by atoms with Crippen molar-refractivity contribution in [1.29, 1.82) is 0 Å². The molecule has 3 aromatic heterocycles. The van der Waals surface area contributed by atoms with Crippen LogP contribution in [-0.2, 0) is 42.7 Å². The van der Waals surface area contributed by atoms with Crippen LogP contribution in [0, 0.1) is 32.2 Å². The predicted molar refractivity (Wildman–Crippen MR) is 321 cm³/mol. The number of hydrogen-bond acceptors (Lipinski definition) is 2. The molecule has 0 aliphatic rings. The first-order valence-electron chi connectivity index (χ1n) is 29.6. The number of pyridine rings is 1. The van der Waals surface area contributed by atoms with E-state index in [1.807, 2.05) is 65.4 Å². The average molecular weight is 1210 g/mol. The van der Waals surface area contributed by atoms with Gasteiger partial charge < -0.3 is 13.9 Å². The number of nitrogens with zero attached hydrogens (tertiary/aromatic N) is 4. The van der Waals surface area contributed by atoms with Crippen molar-refractivity contribution in [2.75, 3.05) is 0 Å². The molecule has 3 heterocycles. The number of imidazole rings is 1. The number of fused-ring (bicyclic) bond motifs is 4. The predicted octanol–water partition coefficient (Wildman–Crippen LogP) is 18.4. The normalized spacial score (nSPS) is 13.8. The molecule has 8 aromatic carbocycles. The Morgan fingerprint density at radius 2 is 1.09 bits per heavy atom. The van der Waals surface area contributed by atoms with Crippen LogP contribution in [0.1, 0.15) is 125 Å². The largest absolute Gasteiger partial charge is 0.510 e. The number of hydrogen-bond donors (Lipinski definition) is 0. The molecular formula is C72H70N4OPt-2. The van der Waals surface area contributed by atoms with Gasteiger partial charge in [0.25, 0.3) is 6.33 Å². The van der Waals surface area contributed by atoms with Gasteiger partial charge in [0.2, 0.25) is 0 Å². The van der Waals surface area contributed by atoms with E-state index in [2.05, 4.69) is 202 Å². The topological polar surface area (TPSA) is 35.9 Å². The summed E-state index contributed by atoms with van der Waals surface area (Å²) in [5.41, 5.74) is 13.2. The Balaban J connectivity index is 0.00000786. The number of para-hydroxylation sites is 1. The maximum absolute atomic E-state index is 8.68. The molecule has 0 saturated carbocycles. The number of aromatic nitrogens is 4. The zero-order valence-corrected chi connectivity index (χ0v) is 49.0. The van der Waals surface area contributed by atoms with E-state index in [4.69, 9.17) is 17.9 Å². The second-order valence-electron chi connectivity index (χ2n) is 24.6. The molecule has 0 radical (unpaired) electrons. The summed E-state index contributed by atoms with van der Waals surface area (Å²) in [7, 11) is 0. The fraction of sp³-hybridized carbons (Fsp3) is 0.250. The number of benzene rings is 8. The van der Waals surface area contributed by atoms with Crippen LogP contribution in [0.5, 0.6) is 11.5 Å². The van der Waals surface area contributed by atoms with Crippen LogP contribution in [0.2, 0.25) is 0 Å². The molecule has 0 bridgehead atoms. The Morgan fingerprint density at radius 1 is 0.500 bits per heavy atom. The van der Waals surface area contributed by atoms with Gasteiger partial charge in [0, 0.05) is 52.5 Å². The van der Waals surface area contributed by atoms with Gasteiger partial charge in [0.15, 0.2) is 0 Å². The van der Waals surface area contributed by atoms with E-state index in [0.717, 1.165) is 72.2 Å². The third kappa shape index (κ3) is 10.2. The molecule has 0 amide bonds. The first kappa shape index (κ1) is 46.7. The molecule has 396 valence electrons.